The van der Waals surface area contributed by atoms with Crippen LogP contribution in [-0.2, 0) is 17.8 Å². The van der Waals surface area contributed by atoms with Gasteiger partial charge in [0.1, 0.15) is 11.1 Å². The molecule has 2 N–H and O–H groups in total. The highest BCUT2D eigenvalue weighted by Gasteiger charge is 2.20. The van der Waals surface area contributed by atoms with Crippen molar-refractivity contribution in [3.05, 3.63) is 76.8 Å². The van der Waals surface area contributed by atoms with Crippen molar-refractivity contribution in [2.24, 2.45) is 5.92 Å². The number of carboxylic acid groups (broad SMARTS) is 1. The van der Waals surface area contributed by atoms with Gasteiger partial charge in [-0.25, -0.2) is 4.98 Å². The lowest BCUT2D eigenvalue weighted by atomic mass is 10.1. The number of aliphatic carboxylic acids is 1. The number of anilines is 1. The minimum Gasteiger partial charge on any atom is -0.480 e. The summed E-state index contributed by atoms with van der Waals surface area (Å²) in [5.74, 6) is 0.312. The Bertz CT molecular complexity index is 1110. The smallest absolute Gasteiger partial charge is 0.316 e. The largest absolute Gasteiger partial charge is 0.480 e. The van der Waals surface area contributed by atoms with Crippen molar-refractivity contribution in [3.8, 4) is 11.3 Å². The highest BCUT2D eigenvalue weighted by molar-refractivity contribution is 8.00. The first-order chi connectivity index (χ1) is 15.9. The Labute approximate surface area is 199 Å². The van der Waals surface area contributed by atoms with E-state index >= 15 is 0 Å². The van der Waals surface area contributed by atoms with Gasteiger partial charge in [-0.3, -0.25) is 14.2 Å². The zero-order valence-electron chi connectivity index (χ0n) is 19.3. The number of carboxylic acids is 1. The van der Waals surface area contributed by atoms with E-state index in [4.69, 9.17) is 4.98 Å². The van der Waals surface area contributed by atoms with Crippen molar-refractivity contribution in [2.75, 3.05) is 11.9 Å². The second-order valence-electron chi connectivity index (χ2n) is 8.29. The molecule has 0 spiro atoms. The third-order valence-corrected chi connectivity index (χ3v) is 6.45. The molecule has 0 fully saturated rings. The van der Waals surface area contributed by atoms with E-state index in [-0.39, 0.29) is 5.56 Å². The molecular formula is C26H31N3O3S. The van der Waals surface area contributed by atoms with Crippen LogP contribution in [0.1, 0.15) is 33.0 Å². The fourth-order valence-corrected chi connectivity index (χ4v) is 4.78. The van der Waals surface area contributed by atoms with Gasteiger partial charge in [0, 0.05) is 41.7 Å². The summed E-state index contributed by atoms with van der Waals surface area (Å²) in [6, 6.07) is 19.1. The van der Waals surface area contributed by atoms with Gasteiger partial charge in [0.05, 0.1) is 5.69 Å². The second kappa shape index (κ2) is 11.7. The van der Waals surface area contributed by atoms with E-state index in [0.717, 1.165) is 22.0 Å². The Kier molecular flexibility index (Phi) is 8.72. The van der Waals surface area contributed by atoms with Crippen LogP contribution in [0.5, 0.6) is 0 Å². The number of carbonyl (C=O) groups is 1. The van der Waals surface area contributed by atoms with E-state index in [1.54, 1.807) is 10.6 Å². The Morgan fingerprint density at radius 3 is 2.42 bits per heavy atom. The SMILES string of the molecule is CCc1nc(-c2ccccc2)cc(=O)n1CCNc1ccc(SC(CC(C)C)C(=O)O)cc1. The summed E-state index contributed by atoms with van der Waals surface area (Å²) < 4.78 is 1.72. The molecule has 174 valence electrons. The predicted octanol–water partition coefficient (Wildman–Crippen LogP) is 5.18. The number of nitrogens with one attached hydrogen (secondary N) is 1. The molecule has 0 aliphatic carbocycles. The first-order valence-corrected chi connectivity index (χ1v) is 12.1. The van der Waals surface area contributed by atoms with Crippen molar-refractivity contribution >= 4 is 23.4 Å². The molecule has 3 rings (SSSR count). The monoisotopic (exact) mass is 465 g/mol. The quantitative estimate of drug-likeness (QED) is 0.380. The maximum Gasteiger partial charge on any atom is 0.316 e. The Morgan fingerprint density at radius 2 is 1.82 bits per heavy atom. The van der Waals surface area contributed by atoms with Crippen molar-refractivity contribution in [1.82, 2.24) is 9.55 Å². The molecule has 0 amide bonds. The van der Waals surface area contributed by atoms with E-state index in [0.29, 0.717) is 37.5 Å². The standard InChI is InChI=1S/C26H31N3O3S/c1-4-24-28-22(19-8-6-5-7-9-19)17-25(30)29(24)15-14-27-20-10-12-21(13-11-20)33-23(26(31)32)16-18(2)3/h5-13,17-18,23,27H,4,14-16H2,1-3H3,(H,31,32). The van der Waals surface area contributed by atoms with Gasteiger partial charge < -0.3 is 10.4 Å². The zero-order chi connectivity index (χ0) is 23.8. The number of rotatable bonds is 11. The molecule has 7 heteroatoms. The summed E-state index contributed by atoms with van der Waals surface area (Å²) in [7, 11) is 0. The van der Waals surface area contributed by atoms with Gasteiger partial charge >= 0.3 is 5.97 Å². The third-order valence-electron chi connectivity index (χ3n) is 5.23. The molecular weight excluding hydrogens is 434 g/mol. The van der Waals surface area contributed by atoms with Crippen LogP contribution in [0.3, 0.4) is 0 Å². The molecule has 1 aromatic heterocycles. The van der Waals surface area contributed by atoms with Gasteiger partial charge in [-0.15, -0.1) is 11.8 Å². The lowest BCUT2D eigenvalue weighted by Crippen LogP contribution is -2.27. The second-order valence-corrected chi connectivity index (χ2v) is 9.57. The Balaban J connectivity index is 1.62. The number of aromatic nitrogens is 2. The minimum absolute atomic E-state index is 0.0564. The minimum atomic E-state index is -0.778. The number of aryl methyl sites for hydroxylation is 1. The fourth-order valence-electron chi connectivity index (χ4n) is 3.57. The summed E-state index contributed by atoms with van der Waals surface area (Å²) in [6.07, 6.45) is 1.30. The van der Waals surface area contributed by atoms with Crippen molar-refractivity contribution in [2.45, 2.75) is 50.3 Å². The fraction of sp³-hybridized carbons (Fsp3) is 0.346. The maximum absolute atomic E-state index is 12.8. The molecule has 0 radical (unpaired) electrons. The molecule has 3 aromatic rings. The molecule has 0 aliphatic rings. The highest BCUT2D eigenvalue weighted by Crippen LogP contribution is 2.29. The van der Waals surface area contributed by atoms with Gasteiger partial charge in [-0.1, -0.05) is 51.1 Å². The van der Waals surface area contributed by atoms with Crippen LogP contribution in [0.2, 0.25) is 0 Å². The summed E-state index contributed by atoms with van der Waals surface area (Å²) in [5.41, 5.74) is 2.51. The number of nitrogens with zero attached hydrogens (tertiary/aromatic N) is 2. The van der Waals surface area contributed by atoms with Crippen LogP contribution < -0.4 is 10.9 Å². The van der Waals surface area contributed by atoms with Crippen molar-refractivity contribution in [1.29, 1.82) is 0 Å². The van der Waals surface area contributed by atoms with Gasteiger partial charge in [0.2, 0.25) is 0 Å². The Morgan fingerprint density at radius 1 is 1.12 bits per heavy atom. The van der Waals surface area contributed by atoms with Gasteiger partial charge in [0.25, 0.3) is 5.56 Å². The summed E-state index contributed by atoms with van der Waals surface area (Å²) in [4.78, 5) is 29.9. The highest BCUT2D eigenvalue weighted by atomic mass is 32.2. The number of hydrogen-bond donors (Lipinski definition) is 2. The maximum atomic E-state index is 12.8. The van der Waals surface area contributed by atoms with Crippen LogP contribution in [-0.4, -0.2) is 32.4 Å². The predicted molar refractivity (Wildman–Crippen MR) is 135 cm³/mol. The molecule has 0 bridgehead atoms. The summed E-state index contributed by atoms with van der Waals surface area (Å²) >= 11 is 1.38. The molecule has 1 unspecified atom stereocenters. The van der Waals surface area contributed by atoms with Crippen LogP contribution in [0.4, 0.5) is 5.69 Å². The molecule has 1 heterocycles. The van der Waals surface area contributed by atoms with Crippen molar-refractivity contribution in [3.63, 3.8) is 0 Å². The molecule has 0 aliphatic heterocycles. The van der Waals surface area contributed by atoms with Crippen LogP contribution in [0.15, 0.2) is 70.4 Å². The molecule has 6 nitrogen and oxygen atoms in total. The van der Waals surface area contributed by atoms with E-state index in [1.165, 1.54) is 11.8 Å². The summed E-state index contributed by atoms with van der Waals surface area (Å²) in [5, 5.41) is 12.3. The lowest BCUT2D eigenvalue weighted by Gasteiger charge is -2.15. The first kappa shape index (κ1) is 24.6. The number of benzene rings is 2. The third kappa shape index (κ3) is 6.96. The van der Waals surface area contributed by atoms with Gasteiger partial charge in [-0.2, -0.15) is 0 Å². The molecule has 1 atom stereocenters. The van der Waals surface area contributed by atoms with E-state index in [1.807, 2.05) is 75.4 Å². The molecule has 0 saturated heterocycles. The Hall–Kier alpha value is -3.06. The molecule has 0 saturated carbocycles. The van der Waals surface area contributed by atoms with Gasteiger partial charge in [0.15, 0.2) is 0 Å². The number of thioether (sulfide) groups is 1. The zero-order valence-corrected chi connectivity index (χ0v) is 20.1. The first-order valence-electron chi connectivity index (χ1n) is 11.3. The average molecular weight is 466 g/mol. The average Bonchev–Trinajstić information content (AvgIpc) is 2.80. The molecule has 2 aromatic carbocycles. The van der Waals surface area contributed by atoms with E-state index in [9.17, 15) is 14.7 Å². The number of hydrogen-bond acceptors (Lipinski definition) is 5. The van der Waals surface area contributed by atoms with Crippen molar-refractivity contribution < 1.29 is 9.90 Å². The van der Waals surface area contributed by atoms with Crippen LogP contribution in [0.25, 0.3) is 11.3 Å². The van der Waals surface area contributed by atoms with E-state index < -0.39 is 11.2 Å². The summed E-state index contributed by atoms with van der Waals surface area (Å²) in [6.45, 7) is 7.15. The van der Waals surface area contributed by atoms with Crippen LogP contribution in [0, 0.1) is 5.92 Å². The van der Waals surface area contributed by atoms with Gasteiger partial charge in [-0.05, 0) is 36.6 Å². The topological polar surface area (TPSA) is 84.2 Å². The molecule has 33 heavy (non-hydrogen) atoms. The van der Waals surface area contributed by atoms with Crippen LogP contribution >= 0.6 is 11.8 Å². The normalized spacial score (nSPS) is 12.0. The van der Waals surface area contributed by atoms with E-state index in [2.05, 4.69) is 5.32 Å². The lowest BCUT2D eigenvalue weighted by molar-refractivity contribution is -0.136.